The van der Waals surface area contributed by atoms with Crippen molar-refractivity contribution in [2.75, 3.05) is 38.6 Å². The fourth-order valence-corrected chi connectivity index (χ4v) is 6.37. The van der Waals surface area contributed by atoms with Crippen molar-refractivity contribution in [2.24, 2.45) is 0 Å². The number of rotatable bonds is 15. The molecular formula is C36H39Cl2N5O2. The predicted octanol–water partition coefficient (Wildman–Crippen LogP) is 7.38. The van der Waals surface area contributed by atoms with Crippen molar-refractivity contribution in [3.8, 4) is 28.0 Å². The molecule has 0 atom stereocenters. The summed E-state index contributed by atoms with van der Waals surface area (Å²) < 4.78 is 5.74. The van der Waals surface area contributed by atoms with Crippen molar-refractivity contribution in [3.05, 3.63) is 105 Å². The van der Waals surface area contributed by atoms with Crippen LogP contribution in [0.15, 0.2) is 72.8 Å². The van der Waals surface area contributed by atoms with E-state index in [9.17, 15) is 4.79 Å². The lowest BCUT2D eigenvalue weighted by molar-refractivity contribution is -0.109. The maximum absolute atomic E-state index is 10.4. The van der Waals surface area contributed by atoms with E-state index in [-0.39, 0.29) is 0 Å². The van der Waals surface area contributed by atoms with Gasteiger partial charge in [-0.05, 0) is 66.4 Å². The molecule has 5 rings (SSSR count). The summed E-state index contributed by atoms with van der Waals surface area (Å²) in [6.45, 7) is 5.51. The summed E-state index contributed by atoms with van der Waals surface area (Å²) in [4.78, 5) is 12.8. The van der Waals surface area contributed by atoms with Crippen molar-refractivity contribution in [3.63, 3.8) is 0 Å². The van der Waals surface area contributed by atoms with Crippen LogP contribution in [0.2, 0.25) is 10.0 Å². The zero-order valence-electron chi connectivity index (χ0n) is 25.5. The monoisotopic (exact) mass is 643 g/mol. The van der Waals surface area contributed by atoms with E-state index in [1.165, 1.54) is 19.1 Å². The summed E-state index contributed by atoms with van der Waals surface area (Å²) in [6, 6.07) is 24.2. The molecule has 0 radical (unpaired) electrons. The lowest BCUT2D eigenvalue weighted by atomic mass is 9.94. The van der Waals surface area contributed by atoms with E-state index in [1.807, 2.05) is 48.5 Å². The summed E-state index contributed by atoms with van der Waals surface area (Å²) in [5, 5.41) is 19.1. The van der Waals surface area contributed by atoms with Crippen LogP contribution in [0.25, 0.3) is 22.3 Å². The van der Waals surface area contributed by atoms with Crippen LogP contribution in [0.1, 0.15) is 35.1 Å². The van der Waals surface area contributed by atoms with Crippen LogP contribution in [0.3, 0.4) is 0 Å². The molecule has 0 saturated carbocycles. The molecule has 1 amide bonds. The normalized spacial score (nSPS) is 13.0. The Morgan fingerprint density at radius 1 is 0.889 bits per heavy atom. The smallest absolute Gasteiger partial charge is 0.207 e. The van der Waals surface area contributed by atoms with Crippen LogP contribution in [0.4, 0.5) is 5.69 Å². The second kappa shape index (κ2) is 15.9. The average molecular weight is 645 g/mol. The van der Waals surface area contributed by atoms with Crippen LogP contribution in [-0.2, 0) is 24.4 Å². The molecule has 45 heavy (non-hydrogen) atoms. The van der Waals surface area contributed by atoms with E-state index < -0.39 is 0 Å². The van der Waals surface area contributed by atoms with E-state index >= 15 is 0 Å². The molecule has 1 fully saturated rings. The number of methoxy groups -OCH3 is 1. The summed E-state index contributed by atoms with van der Waals surface area (Å²) in [5.41, 5.74) is 8.39. The second-order valence-corrected chi connectivity index (χ2v) is 11.9. The van der Waals surface area contributed by atoms with Gasteiger partial charge in [0, 0.05) is 71.9 Å². The van der Waals surface area contributed by atoms with Crippen LogP contribution >= 0.6 is 23.2 Å². The quantitative estimate of drug-likeness (QED) is 0.0617. The Kier molecular flexibility index (Phi) is 11.5. The van der Waals surface area contributed by atoms with Gasteiger partial charge < -0.3 is 26.1 Å². The number of nitrogens with one attached hydrogen (secondary N) is 4. The summed E-state index contributed by atoms with van der Waals surface area (Å²) >= 11 is 13.8. The third-order valence-corrected chi connectivity index (χ3v) is 8.93. The van der Waals surface area contributed by atoms with E-state index in [0.717, 1.165) is 75.6 Å². The molecule has 0 bridgehead atoms. The maximum Gasteiger partial charge on any atom is 0.207 e. The van der Waals surface area contributed by atoms with Gasteiger partial charge in [0.15, 0.2) is 0 Å². The Bertz CT molecular complexity index is 1620. The second-order valence-electron chi connectivity index (χ2n) is 11.1. The van der Waals surface area contributed by atoms with Gasteiger partial charge in [-0.25, -0.2) is 0 Å². The van der Waals surface area contributed by atoms with Crippen LogP contribution in [0.5, 0.6) is 5.75 Å². The van der Waals surface area contributed by atoms with Crippen molar-refractivity contribution in [2.45, 2.75) is 32.5 Å². The van der Waals surface area contributed by atoms with Crippen LogP contribution in [-0.4, -0.2) is 50.8 Å². The van der Waals surface area contributed by atoms with Gasteiger partial charge in [-0.2, -0.15) is 0 Å². The molecule has 234 valence electrons. The highest BCUT2D eigenvalue weighted by Crippen LogP contribution is 2.39. The highest BCUT2D eigenvalue weighted by atomic mass is 35.5. The largest absolute Gasteiger partial charge is 0.496 e. The number of nitrogens with zero attached hydrogens (tertiary/aromatic N) is 1. The molecule has 0 aliphatic carbocycles. The van der Waals surface area contributed by atoms with Crippen LogP contribution in [0, 0.1) is 5.41 Å². The summed E-state index contributed by atoms with van der Waals surface area (Å²) in [5.74, 6) is 0.837. The zero-order chi connectivity index (χ0) is 31.6. The highest BCUT2D eigenvalue weighted by Gasteiger charge is 2.18. The number of halogens is 2. The minimum absolute atomic E-state index is 0.478. The van der Waals surface area contributed by atoms with Gasteiger partial charge in [-0.1, -0.05) is 77.8 Å². The fraction of sp³-hybridized carbons (Fsp3) is 0.278. The number of ether oxygens (including phenoxy) is 1. The molecule has 1 aliphatic rings. The number of likely N-dealkylation sites (tertiary alicyclic amines) is 1. The van der Waals surface area contributed by atoms with Crippen LogP contribution < -0.4 is 20.7 Å². The Balaban J connectivity index is 1.34. The first-order valence-electron chi connectivity index (χ1n) is 15.2. The first kappa shape index (κ1) is 32.5. The fourth-order valence-electron chi connectivity index (χ4n) is 5.78. The zero-order valence-corrected chi connectivity index (χ0v) is 27.0. The molecule has 4 N–H and O–H groups in total. The predicted molar refractivity (Wildman–Crippen MR) is 186 cm³/mol. The Hall–Kier alpha value is -3.88. The molecule has 1 saturated heterocycles. The number of hydrogen-bond acceptors (Lipinski definition) is 6. The molecule has 0 unspecified atom stereocenters. The van der Waals surface area contributed by atoms with Crippen molar-refractivity contribution >= 4 is 41.5 Å². The number of benzene rings is 4. The Labute approximate surface area is 275 Å². The SMILES string of the molecule is COc1cc(CNc2cccc(-c3cccc(-c4ccc(CNCCNC=O)cc4)c3Cl)c2C=N)c(Cl)cc1CN1CCCC1. The standard InChI is InChI=1S/C36H39Cl2N5O2/c1-45-35-19-27(33(37)18-28(35)23-43-16-2-3-17-43)22-42-34-9-5-7-30(32(34)20-39)31-8-4-6-29(36(31)38)26-12-10-25(11-13-26)21-40-14-15-41-24-44/h4-13,18-20,24,39-40,42H,2-3,14-17,21-23H2,1H3,(H,41,44). The lowest BCUT2D eigenvalue weighted by Gasteiger charge is -2.19. The number of hydrogen-bond donors (Lipinski definition) is 4. The number of anilines is 1. The summed E-state index contributed by atoms with van der Waals surface area (Å²) in [7, 11) is 1.70. The highest BCUT2D eigenvalue weighted by molar-refractivity contribution is 6.36. The first-order valence-corrected chi connectivity index (χ1v) is 16.0. The number of carbonyl (C=O) groups excluding carboxylic acids is 1. The number of amides is 1. The molecular weight excluding hydrogens is 605 g/mol. The van der Waals surface area contributed by atoms with Crippen molar-refractivity contribution in [1.82, 2.24) is 15.5 Å². The van der Waals surface area contributed by atoms with Gasteiger partial charge in [0.2, 0.25) is 6.41 Å². The lowest BCUT2D eigenvalue weighted by Crippen LogP contribution is -2.25. The van der Waals surface area contributed by atoms with E-state index in [2.05, 4.69) is 45.1 Å². The molecule has 1 aliphatic heterocycles. The average Bonchev–Trinajstić information content (AvgIpc) is 3.58. The van der Waals surface area contributed by atoms with Gasteiger partial charge in [0.1, 0.15) is 5.75 Å². The van der Waals surface area contributed by atoms with E-state index in [0.29, 0.717) is 42.6 Å². The molecule has 4 aromatic carbocycles. The molecule has 7 nitrogen and oxygen atoms in total. The minimum atomic E-state index is 0.478. The van der Waals surface area contributed by atoms with Gasteiger partial charge in [0.25, 0.3) is 0 Å². The molecule has 1 heterocycles. The van der Waals surface area contributed by atoms with E-state index in [1.54, 1.807) is 7.11 Å². The van der Waals surface area contributed by atoms with E-state index in [4.69, 9.17) is 33.3 Å². The maximum atomic E-state index is 10.4. The molecule has 0 spiro atoms. The third-order valence-electron chi connectivity index (χ3n) is 8.17. The molecule has 4 aromatic rings. The topological polar surface area (TPSA) is 89.5 Å². The van der Waals surface area contributed by atoms with Gasteiger partial charge >= 0.3 is 0 Å². The minimum Gasteiger partial charge on any atom is -0.496 e. The molecule has 0 aromatic heterocycles. The Morgan fingerprint density at radius 3 is 2.36 bits per heavy atom. The Morgan fingerprint density at radius 2 is 1.62 bits per heavy atom. The molecule has 9 heteroatoms. The van der Waals surface area contributed by atoms with Gasteiger partial charge in [0.05, 0.1) is 12.1 Å². The summed E-state index contributed by atoms with van der Waals surface area (Å²) in [6.07, 6.45) is 4.54. The van der Waals surface area contributed by atoms with Gasteiger partial charge in [-0.3, -0.25) is 9.69 Å². The van der Waals surface area contributed by atoms with Gasteiger partial charge in [-0.15, -0.1) is 0 Å². The van der Waals surface area contributed by atoms with Crippen molar-refractivity contribution in [1.29, 1.82) is 5.41 Å². The van der Waals surface area contributed by atoms with Crippen molar-refractivity contribution < 1.29 is 9.53 Å². The first-order chi connectivity index (χ1) is 22.0. The number of carbonyl (C=O) groups is 1. The third kappa shape index (κ3) is 8.05.